The lowest BCUT2D eigenvalue weighted by atomic mass is 9.94. The molecule has 30 heavy (non-hydrogen) atoms. The van der Waals surface area contributed by atoms with Crippen LogP contribution in [0.5, 0.6) is 0 Å². The Labute approximate surface area is 180 Å². The molecule has 2 aliphatic rings. The third kappa shape index (κ3) is 5.12. The van der Waals surface area contributed by atoms with E-state index in [1.54, 1.807) is 31.2 Å². The fourth-order valence-electron chi connectivity index (χ4n) is 3.91. The van der Waals surface area contributed by atoms with Gasteiger partial charge in [0.25, 0.3) is 0 Å². The lowest BCUT2D eigenvalue weighted by Gasteiger charge is -2.35. The molecular formula is C21H26ClN3O5. The van der Waals surface area contributed by atoms with Crippen molar-refractivity contribution >= 4 is 29.6 Å². The first kappa shape index (κ1) is 22.1. The minimum absolute atomic E-state index is 0.212. The Hall–Kier alpha value is -2.58. The number of hydrogen-bond donors (Lipinski definition) is 2. The highest BCUT2D eigenvalue weighted by atomic mass is 35.5. The van der Waals surface area contributed by atoms with Gasteiger partial charge in [-0.1, -0.05) is 23.7 Å². The van der Waals surface area contributed by atoms with Gasteiger partial charge >= 0.3 is 18.0 Å². The second-order valence-electron chi connectivity index (χ2n) is 7.30. The number of urea groups is 1. The molecule has 0 bridgehead atoms. The van der Waals surface area contributed by atoms with E-state index in [-0.39, 0.29) is 11.9 Å². The van der Waals surface area contributed by atoms with Crippen LogP contribution in [0.15, 0.2) is 35.5 Å². The Morgan fingerprint density at radius 1 is 1.33 bits per heavy atom. The van der Waals surface area contributed by atoms with Crippen LogP contribution in [0.25, 0.3) is 0 Å². The maximum absolute atomic E-state index is 12.7. The molecule has 0 aromatic heterocycles. The van der Waals surface area contributed by atoms with Gasteiger partial charge in [0, 0.05) is 23.8 Å². The highest BCUT2D eigenvalue weighted by molar-refractivity contribution is 6.30. The van der Waals surface area contributed by atoms with Crippen LogP contribution in [0.4, 0.5) is 4.79 Å². The molecule has 1 saturated heterocycles. The van der Waals surface area contributed by atoms with Crippen LogP contribution in [0, 0.1) is 5.92 Å². The number of nitrogens with one attached hydrogen (secondary N) is 2. The van der Waals surface area contributed by atoms with Crippen LogP contribution in [-0.4, -0.2) is 56.2 Å². The zero-order valence-corrected chi connectivity index (χ0v) is 17.8. The molecule has 2 aliphatic heterocycles. The van der Waals surface area contributed by atoms with Crippen molar-refractivity contribution in [1.82, 2.24) is 15.5 Å². The number of hydrogen-bond acceptors (Lipinski definition) is 6. The maximum atomic E-state index is 12.7. The molecule has 9 heteroatoms. The average Bonchev–Trinajstić information content (AvgIpc) is 2.73. The summed E-state index contributed by atoms with van der Waals surface area (Å²) in [6.07, 6.45) is 1.59. The molecule has 0 aliphatic carbocycles. The van der Waals surface area contributed by atoms with Crippen LogP contribution >= 0.6 is 11.6 Å². The molecule has 1 aromatic carbocycles. The van der Waals surface area contributed by atoms with E-state index >= 15 is 0 Å². The number of amides is 2. The number of rotatable bonds is 6. The minimum atomic E-state index is -0.689. The molecule has 2 amide bonds. The Morgan fingerprint density at radius 3 is 2.83 bits per heavy atom. The average molecular weight is 436 g/mol. The SMILES string of the molecule is CCOC(=O)C1CCCN(CC2=C(C(=O)OC)C(c3cccc(Cl)c3)NC(=O)N2)C1. The summed E-state index contributed by atoms with van der Waals surface area (Å²) in [7, 11) is 1.30. The topological polar surface area (TPSA) is 97.0 Å². The van der Waals surface area contributed by atoms with Gasteiger partial charge in [-0.25, -0.2) is 9.59 Å². The monoisotopic (exact) mass is 435 g/mol. The summed E-state index contributed by atoms with van der Waals surface area (Å²) >= 11 is 6.11. The van der Waals surface area contributed by atoms with E-state index in [4.69, 9.17) is 21.1 Å². The Morgan fingerprint density at radius 2 is 2.13 bits per heavy atom. The molecule has 1 fully saturated rings. The van der Waals surface area contributed by atoms with Crippen molar-refractivity contribution in [3.05, 3.63) is 46.1 Å². The summed E-state index contributed by atoms with van der Waals surface area (Å²) < 4.78 is 10.2. The molecule has 2 unspecified atom stereocenters. The van der Waals surface area contributed by atoms with Crippen molar-refractivity contribution in [3.63, 3.8) is 0 Å². The van der Waals surface area contributed by atoms with E-state index in [9.17, 15) is 14.4 Å². The van der Waals surface area contributed by atoms with Gasteiger partial charge in [0.2, 0.25) is 0 Å². The van der Waals surface area contributed by atoms with Crippen molar-refractivity contribution in [2.75, 3.05) is 33.4 Å². The number of benzene rings is 1. The summed E-state index contributed by atoms with van der Waals surface area (Å²) in [5, 5.41) is 6.03. The van der Waals surface area contributed by atoms with Crippen LogP contribution < -0.4 is 10.6 Å². The second kappa shape index (κ2) is 9.95. The Kier molecular flexibility index (Phi) is 7.33. The Bertz CT molecular complexity index is 857. The van der Waals surface area contributed by atoms with Gasteiger partial charge in [-0.15, -0.1) is 0 Å². The van der Waals surface area contributed by atoms with Crippen LogP contribution in [0.2, 0.25) is 5.02 Å². The predicted molar refractivity (Wildman–Crippen MR) is 111 cm³/mol. The van der Waals surface area contributed by atoms with Gasteiger partial charge in [0.15, 0.2) is 0 Å². The zero-order chi connectivity index (χ0) is 21.7. The molecule has 0 spiro atoms. The number of likely N-dealkylation sites (tertiary alicyclic amines) is 1. The fraction of sp³-hybridized carbons (Fsp3) is 0.476. The number of piperidine rings is 1. The predicted octanol–water partition coefficient (Wildman–Crippen LogP) is 2.40. The molecular weight excluding hydrogens is 410 g/mol. The van der Waals surface area contributed by atoms with Crippen LogP contribution in [0.1, 0.15) is 31.4 Å². The van der Waals surface area contributed by atoms with Crippen LogP contribution in [-0.2, 0) is 19.1 Å². The number of carbonyl (C=O) groups excluding carboxylic acids is 3. The van der Waals surface area contributed by atoms with Gasteiger partial charge in [0.1, 0.15) is 0 Å². The summed E-state index contributed by atoms with van der Waals surface area (Å²) in [5.41, 5.74) is 1.45. The second-order valence-corrected chi connectivity index (χ2v) is 7.73. The number of methoxy groups -OCH3 is 1. The lowest BCUT2D eigenvalue weighted by molar-refractivity contribution is -0.150. The lowest BCUT2D eigenvalue weighted by Crippen LogP contribution is -2.49. The first-order valence-electron chi connectivity index (χ1n) is 9.96. The smallest absolute Gasteiger partial charge is 0.338 e. The molecule has 1 aromatic rings. The van der Waals surface area contributed by atoms with E-state index in [2.05, 4.69) is 10.6 Å². The van der Waals surface area contributed by atoms with Gasteiger partial charge in [-0.05, 0) is 44.0 Å². The normalized spacial score (nSPS) is 22.2. The maximum Gasteiger partial charge on any atom is 0.338 e. The Balaban J connectivity index is 1.89. The molecule has 8 nitrogen and oxygen atoms in total. The number of esters is 2. The van der Waals surface area contributed by atoms with Crippen molar-refractivity contribution in [1.29, 1.82) is 0 Å². The van der Waals surface area contributed by atoms with E-state index in [0.717, 1.165) is 19.4 Å². The van der Waals surface area contributed by atoms with Crippen molar-refractivity contribution in [2.45, 2.75) is 25.8 Å². The first-order chi connectivity index (χ1) is 14.4. The van der Waals surface area contributed by atoms with Crippen molar-refractivity contribution in [3.8, 4) is 0 Å². The van der Waals surface area contributed by atoms with Crippen molar-refractivity contribution in [2.24, 2.45) is 5.92 Å². The summed E-state index contributed by atoms with van der Waals surface area (Å²) in [6, 6.07) is 5.87. The van der Waals surface area contributed by atoms with Gasteiger partial charge in [0.05, 0.1) is 31.2 Å². The van der Waals surface area contributed by atoms with Crippen LogP contribution in [0.3, 0.4) is 0 Å². The third-order valence-electron chi connectivity index (χ3n) is 5.25. The van der Waals surface area contributed by atoms with E-state index in [1.165, 1.54) is 7.11 Å². The summed E-state index contributed by atoms with van der Waals surface area (Å²) in [6.45, 7) is 3.69. The molecule has 0 saturated carbocycles. The molecule has 162 valence electrons. The highest BCUT2D eigenvalue weighted by Crippen LogP contribution is 2.30. The number of nitrogens with zero attached hydrogens (tertiary/aromatic N) is 1. The minimum Gasteiger partial charge on any atom is -0.466 e. The zero-order valence-electron chi connectivity index (χ0n) is 17.1. The standard InChI is InChI=1S/C21H26ClN3O5/c1-3-30-19(26)14-7-5-9-25(11-14)12-16-17(20(27)29-2)18(24-21(28)23-16)13-6-4-8-15(22)10-13/h4,6,8,10,14,18H,3,5,7,9,11-12H2,1-2H3,(H2,23,24,28). The number of halogens is 1. The third-order valence-corrected chi connectivity index (χ3v) is 5.48. The summed E-state index contributed by atoms with van der Waals surface area (Å²) in [5.74, 6) is -0.973. The highest BCUT2D eigenvalue weighted by Gasteiger charge is 2.35. The van der Waals surface area contributed by atoms with Gasteiger partial charge in [-0.2, -0.15) is 0 Å². The van der Waals surface area contributed by atoms with Crippen molar-refractivity contribution < 1.29 is 23.9 Å². The molecule has 2 atom stereocenters. The quantitative estimate of drug-likeness (QED) is 0.666. The van der Waals surface area contributed by atoms with E-state index in [1.807, 2.05) is 4.90 Å². The number of carbonyl (C=O) groups is 3. The molecule has 2 heterocycles. The largest absolute Gasteiger partial charge is 0.466 e. The van der Waals surface area contributed by atoms with E-state index < -0.39 is 18.0 Å². The molecule has 2 N–H and O–H groups in total. The molecule has 0 radical (unpaired) electrons. The van der Waals surface area contributed by atoms with Gasteiger partial charge < -0.3 is 20.1 Å². The van der Waals surface area contributed by atoms with E-state index in [0.29, 0.717) is 41.6 Å². The van der Waals surface area contributed by atoms with Gasteiger partial charge in [-0.3, -0.25) is 9.69 Å². The fourth-order valence-corrected chi connectivity index (χ4v) is 4.10. The molecule has 3 rings (SSSR count). The first-order valence-corrected chi connectivity index (χ1v) is 10.3. The summed E-state index contributed by atoms with van der Waals surface area (Å²) in [4.78, 5) is 39.2. The number of ether oxygens (including phenoxy) is 2.